The van der Waals surface area contributed by atoms with E-state index in [1.807, 2.05) is 0 Å². The number of dihydropyridines is 1. The van der Waals surface area contributed by atoms with Crippen molar-refractivity contribution in [1.82, 2.24) is 5.32 Å². The van der Waals surface area contributed by atoms with Gasteiger partial charge in [0.05, 0.1) is 6.42 Å². The van der Waals surface area contributed by atoms with Crippen LogP contribution in [0.3, 0.4) is 0 Å². The van der Waals surface area contributed by atoms with Crippen LogP contribution in [-0.4, -0.2) is 11.8 Å². The van der Waals surface area contributed by atoms with E-state index >= 15 is 0 Å². The molecule has 6 heteroatoms. The molecule has 0 bridgehead atoms. The lowest BCUT2D eigenvalue weighted by atomic mass is 10.0. The molecule has 74 valence electrons. The third kappa shape index (κ3) is 2.98. The van der Waals surface area contributed by atoms with Crippen LogP contribution < -0.4 is 16.8 Å². The molecule has 0 amide bonds. The van der Waals surface area contributed by atoms with E-state index in [9.17, 15) is 13.2 Å². The van der Waals surface area contributed by atoms with Crippen LogP contribution in [0.1, 0.15) is 6.42 Å². The van der Waals surface area contributed by atoms with Gasteiger partial charge in [0.25, 0.3) is 0 Å². The molecule has 0 aliphatic carbocycles. The molecular weight excluding hydrogens is 183 g/mol. The summed E-state index contributed by atoms with van der Waals surface area (Å²) in [6.45, 7) is 0. The molecular formula is C7H10F3N3. The van der Waals surface area contributed by atoms with Gasteiger partial charge in [-0.3, -0.25) is 0 Å². The lowest BCUT2D eigenvalue weighted by Crippen LogP contribution is -2.53. The van der Waals surface area contributed by atoms with Crippen molar-refractivity contribution in [3.8, 4) is 0 Å². The molecule has 13 heavy (non-hydrogen) atoms. The molecule has 0 aromatic rings. The summed E-state index contributed by atoms with van der Waals surface area (Å²) in [7, 11) is 0. The number of nitrogens with two attached hydrogens (primary N) is 2. The molecule has 0 saturated heterocycles. The molecule has 0 aromatic heterocycles. The summed E-state index contributed by atoms with van der Waals surface area (Å²) in [5.41, 5.74) is 9.47. The van der Waals surface area contributed by atoms with E-state index in [4.69, 9.17) is 11.5 Å². The minimum absolute atomic E-state index is 0.350. The zero-order valence-corrected chi connectivity index (χ0v) is 6.73. The number of alkyl halides is 3. The van der Waals surface area contributed by atoms with E-state index in [0.29, 0.717) is 5.70 Å². The summed E-state index contributed by atoms with van der Waals surface area (Å²) in [4.78, 5) is 0. The molecule has 1 aliphatic rings. The van der Waals surface area contributed by atoms with Crippen molar-refractivity contribution in [3.05, 3.63) is 24.0 Å². The smallest absolute Gasteiger partial charge is 0.392 e. The van der Waals surface area contributed by atoms with E-state index in [1.165, 1.54) is 18.4 Å². The van der Waals surface area contributed by atoms with Crippen LogP contribution in [0.25, 0.3) is 0 Å². The van der Waals surface area contributed by atoms with E-state index in [0.717, 1.165) is 0 Å². The minimum atomic E-state index is -4.30. The highest BCUT2D eigenvalue weighted by Crippen LogP contribution is 2.26. The fourth-order valence-corrected chi connectivity index (χ4v) is 1.00. The van der Waals surface area contributed by atoms with Gasteiger partial charge in [-0.2, -0.15) is 13.2 Å². The lowest BCUT2D eigenvalue weighted by molar-refractivity contribution is -0.145. The Morgan fingerprint density at radius 1 is 1.46 bits per heavy atom. The Morgan fingerprint density at radius 2 is 2.08 bits per heavy atom. The zero-order chi connectivity index (χ0) is 10.1. The maximum absolute atomic E-state index is 12.0. The Bertz CT molecular complexity index is 256. The average Bonchev–Trinajstić information content (AvgIpc) is 1.92. The van der Waals surface area contributed by atoms with Crippen molar-refractivity contribution in [3.63, 3.8) is 0 Å². The first-order valence-electron chi connectivity index (χ1n) is 3.59. The molecule has 1 heterocycles. The van der Waals surface area contributed by atoms with Crippen molar-refractivity contribution in [1.29, 1.82) is 0 Å². The van der Waals surface area contributed by atoms with Crippen LogP contribution in [-0.2, 0) is 0 Å². The topological polar surface area (TPSA) is 64.1 Å². The number of allylic oxidation sites excluding steroid dienone is 1. The number of nitrogens with one attached hydrogen (secondary N) is 1. The highest BCUT2D eigenvalue weighted by atomic mass is 19.4. The molecule has 1 atom stereocenters. The maximum atomic E-state index is 12.0. The SMILES string of the molecule is NC1=CNC(N)(CC(F)(F)F)C=C1. The second-order valence-corrected chi connectivity index (χ2v) is 2.95. The minimum Gasteiger partial charge on any atom is -0.398 e. The summed E-state index contributed by atoms with van der Waals surface area (Å²) in [5, 5.41) is 2.39. The van der Waals surface area contributed by atoms with Gasteiger partial charge in [0.1, 0.15) is 5.66 Å². The van der Waals surface area contributed by atoms with Crippen LogP contribution in [0.4, 0.5) is 13.2 Å². The van der Waals surface area contributed by atoms with Gasteiger partial charge in [-0.15, -0.1) is 0 Å². The monoisotopic (exact) mass is 193 g/mol. The standard InChI is InChI=1S/C7H10F3N3/c8-7(9,10)4-6(12)2-1-5(11)3-13-6/h1-3,13H,4,11-12H2. The van der Waals surface area contributed by atoms with E-state index < -0.39 is 18.3 Å². The van der Waals surface area contributed by atoms with Crippen molar-refractivity contribution < 1.29 is 13.2 Å². The zero-order valence-electron chi connectivity index (χ0n) is 6.73. The third-order valence-electron chi connectivity index (χ3n) is 1.57. The van der Waals surface area contributed by atoms with Gasteiger partial charge in [0, 0.05) is 11.9 Å². The number of hydrogen-bond acceptors (Lipinski definition) is 3. The molecule has 5 N–H and O–H groups in total. The molecule has 0 saturated carbocycles. The van der Waals surface area contributed by atoms with Crippen LogP contribution in [0.2, 0.25) is 0 Å². The molecule has 1 aliphatic heterocycles. The van der Waals surface area contributed by atoms with Gasteiger partial charge >= 0.3 is 6.18 Å². The Labute approximate surface area is 73.3 Å². The summed E-state index contributed by atoms with van der Waals surface area (Å²) in [5.74, 6) is 0. The summed E-state index contributed by atoms with van der Waals surface area (Å²) in [6, 6.07) is 0. The Balaban J connectivity index is 2.66. The molecule has 3 nitrogen and oxygen atoms in total. The van der Waals surface area contributed by atoms with Crippen molar-refractivity contribution in [2.45, 2.75) is 18.3 Å². The third-order valence-corrected chi connectivity index (χ3v) is 1.57. The second-order valence-electron chi connectivity index (χ2n) is 2.95. The predicted molar refractivity (Wildman–Crippen MR) is 42.1 cm³/mol. The number of hydrogen-bond donors (Lipinski definition) is 3. The maximum Gasteiger partial charge on any atom is 0.392 e. The normalized spacial score (nSPS) is 28.2. The van der Waals surface area contributed by atoms with Gasteiger partial charge in [-0.25, -0.2) is 0 Å². The quantitative estimate of drug-likeness (QED) is 0.570. The molecule has 0 spiro atoms. The van der Waals surface area contributed by atoms with Gasteiger partial charge < -0.3 is 16.8 Å². The van der Waals surface area contributed by atoms with E-state index in [2.05, 4.69) is 5.32 Å². The Kier molecular flexibility index (Phi) is 2.25. The molecule has 0 radical (unpaired) electrons. The van der Waals surface area contributed by atoms with Crippen molar-refractivity contribution >= 4 is 0 Å². The lowest BCUT2D eigenvalue weighted by Gasteiger charge is -2.29. The molecule has 1 unspecified atom stereocenters. The number of halogens is 3. The van der Waals surface area contributed by atoms with Gasteiger partial charge in [0.2, 0.25) is 0 Å². The Morgan fingerprint density at radius 3 is 2.46 bits per heavy atom. The molecule has 0 fully saturated rings. The van der Waals surface area contributed by atoms with Crippen molar-refractivity contribution in [2.24, 2.45) is 11.5 Å². The fraction of sp³-hybridized carbons (Fsp3) is 0.429. The molecule has 1 rings (SSSR count). The van der Waals surface area contributed by atoms with Crippen LogP contribution in [0, 0.1) is 0 Å². The second kappa shape index (κ2) is 2.95. The first kappa shape index (κ1) is 9.91. The largest absolute Gasteiger partial charge is 0.398 e. The first-order valence-corrected chi connectivity index (χ1v) is 3.59. The van der Waals surface area contributed by atoms with Crippen molar-refractivity contribution in [2.75, 3.05) is 0 Å². The van der Waals surface area contributed by atoms with Gasteiger partial charge in [0.15, 0.2) is 0 Å². The van der Waals surface area contributed by atoms with Gasteiger partial charge in [-0.1, -0.05) is 0 Å². The highest BCUT2D eigenvalue weighted by Gasteiger charge is 2.38. The highest BCUT2D eigenvalue weighted by molar-refractivity contribution is 5.24. The fourth-order valence-electron chi connectivity index (χ4n) is 1.00. The first-order chi connectivity index (χ1) is 5.81. The Hall–Kier alpha value is -1.17. The van der Waals surface area contributed by atoms with Crippen LogP contribution >= 0.6 is 0 Å². The number of rotatable bonds is 1. The van der Waals surface area contributed by atoms with Gasteiger partial charge in [-0.05, 0) is 12.2 Å². The summed E-state index contributed by atoms with van der Waals surface area (Å²) < 4.78 is 35.9. The van der Waals surface area contributed by atoms with Crippen LogP contribution in [0.5, 0.6) is 0 Å². The summed E-state index contributed by atoms with van der Waals surface area (Å²) >= 11 is 0. The van der Waals surface area contributed by atoms with E-state index in [1.54, 1.807) is 0 Å². The summed E-state index contributed by atoms with van der Waals surface area (Å²) in [6.07, 6.45) is -1.61. The predicted octanol–water partition coefficient (Wildman–Crippen LogP) is 0.553. The molecule has 0 aromatic carbocycles. The van der Waals surface area contributed by atoms with E-state index in [-0.39, 0.29) is 0 Å². The van der Waals surface area contributed by atoms with Crippen LogP contribution in [0.15, 0.2) is 24.0 Å². The average molecular weight is 193 g/mol.